The molecular formula is C23H28N4O3. The molecule has 0 spiro atoms. The quantitative estimate of drug-likeness (QED) is 0.395. The van der Waals surface area contributed by atoms with Gasteiger partial charge in [-0.3, -0.25) is 15.0 Å². The molecule has 1 fully saturated rings. The average Bonchev–Trinajstić information content (AvgIpc) is 2.73. The number of anilines is 2. The highest BCUT2D eigenvalue weighted by molar-refractivity contribution is 5.96. The third-order valence-corrected chi connectivity index (χ3v) is 5.55. The van der Waals surface area contributed by atoms with Gasteiger partial charge in [-0.05, 0) is 61.1 Å². The number of carbonyl (C=O) groups is 2. The van der Waals surface area contributed by atoms with E-state index in [0.29, 0.717) is 23.6 Å². The van der Waals surface area contributed by atoms with Crippen molar-refractivity contribution in [2.75, 3.05) is 23.3 Å². The molecule has 5 N–H and O–H groups in total. The Balaban J connectivity index is 1.45. The second kappa shape index (κ2) is 9.91. The summed E-state index contributed by atoms with van der Waals surface area (Å²) in [6.07, 6.45) is 3.31. The summed E-state index contributed by atoms with van der Waals surface area (Å²) < 4.78 is 0. The minimum atomic E-state index is -0.820. The summed E-state index contributed by atoms with van der Waals surface area (Å²) >= 11 is 0. The fourth-order valence-corrected chi connectivity index (χ4v) is 3.89. The van der Waals surface area contributed by atoms with Crippen molar-refractivity contribution in [3.8, 4) is 0 Å². The highest BCUT2D eigenvalue weighted by Crippen LogP contribution is 2.28. The molecule has 2 aromatic rings. The van der Waals surface area contributed by atoms with Crippen LogP contribution in [0.5, 0.6) is 0 Å². The van der Waals surface area contributed by atoms with Crippen LogP contribution in [-0.2, 0) is 16.0 Å². The van der Waals surface area contributed by atoms with Crippen LogP contribution in [0, 0.1) is 11.3 Å². The summed E-state index contributed by atoms with van der Waals surface area (Å²) in [5.41, 5.74) is 8.62. The van der Waals surface area contributed by atoms with Crippen LogP contribution in [0.1, 0.15) is 36.8 Å². The fraction of sp³-hybridized carbons (Fsp3) is 0.348. The molecular weight excluding hydrogens is 380 g/mol. The molecule has 1 saturated heterocycles. The molecule has 1 heterocycles. The van der Waals surface area contributed by atoms with Crippen molar-refractivity contribution in [3.05, 3.63) is 59.7 Å². The number of benzene rings is 2. The van der Waals surface area contributed by atoms with Gasteiger partial charge in [0.25, 0.3) is 0 Å². The van der Waals surface area contributed by atoms with Gasteiger partial charge in [0.2, 0.25) is 5.91 Å². The number of piperidine rings is 1. The molecule has 0 aromatic heterocycles. The van der Waals surface area contributed by atoms with Gasteiger partial charge in [-0.15, -0.1) is 0 Å². The normalized spacial score (nSPS) is 14.3. The van der Waals surface area contributed by atoms with E-state index in [2.05, 4.69) is 10.2 Å². The van der Waals surface area contributed by atoms with Crippen LogP contribution in [0.15, 0.2) is 48.5 Å². The van der Waals surface area contributed by atoms with Crippen molar-refractivity contribution in [1.82, 2.24) is 0 Å². The number of carboxylic acids is 1. The van der Waals surface area contributed by atoms with Gasteiger partial charge in [0, 0.05) is 36.4 Å². The Morgan fingerprint density at radius 3 is 2.40 bits per heavy atom. The van der Waals surface area contributed by atoms with E-state index in [1.165, 1.54) is 0 Å². The molecule has 7 nitrogen and oxygen atoms in total. The third kappa shape index (κ3) is 5.83. The predicted octanol–water partition coefficient (Wildman–Crippen LogP) is 3.23. The average molecular weight is 409 g/mol. The Hall–Kier alpha value is -3.35. The van der Waals surface area contributed by atoms with Crippen molar-refractivity contribution in [1.29, 1.82) is 5.41 Å². The molecule has 1 amide bonds. The van der Waals surface area contributed by atoms with Crippen molar-refractivity contribution in [2.24, 2.45) is 11.7 Å². The minimum Gasteiger partial charge on any atom is -0.481 e. The molecule has 0 unspecified atom stereocenters. The van der Waals surface area contributed by atoms with E-state index in [9.17, 15) is 9.59 Å². The second-order valence-corrected chi connectivity index (χ2v) is 7.71. The lowest BCUT2D eigenvalue weighted by molar-refractivity contribution is -0.136. The number of amides is 1. The Morgan fingerprint density at radius 2 is 1.77 bits per heavy atom. The standard InChI is InChI=1S/C23H28N4O3/c24-23(25)17-6-8-19(9-7-17)26-21(28)10-5-16-11-13-27(14-12-16)20-4-2-1-3-18(20)15-22(29)30/h1-4,6-9,16H,5,10-15H2,(H3,24,25)(H,26,28)(H,29,30). The number of nitrogens with zero attached hydrogens (tertiary/aromatic N) is 1. The number of para-hydroxylation sites is 1. The molecule has 158 valence electrons. The van der Waals surface area contributed by atoms with E-state index >= 15 is 0 Å². The first-order valence-electron chi connectivity index (χ1n) is 10.2. The van der Waals surface area contributed by atoms with E-state index < -0.39 is 5.97 Å². The van der Waals surface area contributed by atoms with Crippen LogP contribution in [-0.4, -0.2) is 35.9 Å². The molecule has 2 aromatic carbocycles. The maximum atomic E-state index is 12.3. The number of rotatable bonds is 8. The summed E-state index contributed by atoms with van der Waals surface area (Å²) in [5, 5.41) is 19.4. The van der Waals surface area contributed by atoms with Gasteiger partial charge in [-0.25, -0.2) is 0 Å². The first kappa shape index (κ1) is 21.4. The number of hydrogen-bond acceptors (Lipinski definition) is 4. The summed E-state index contributed by atoms with van der Waals surface area (Å²) in [7, 11) is 0. The Kier molecular flexibility index (Phi) is 7.06. The van der Waals surface area contributed by atoms with Crippen molar-refractivity contribution in [2.45, 2.75) is 32.1 Å². The van der Waals surface area contributed by atoms with Gasteiger partial charge in [0.15, 0.2) is 0 Å². The second-order valence-electron chi connectivity index (χ2n) is 7.71. The van der Waals surface area contributed by atoms with Gasteiger partial charge >= 0.3 is 5.97 Å². The summed E-state index contributed by atoms with van der Waals surface area (Å²) in [6.45, 7) is 1.74. The highest BCUT2D eigenvalue weighted by atomic mass is 16.4. The lowest BCUT2D eigenvalue weighted by Gasteiger charge is -2.34. The molecule has 0 aliphatic carbocycles. The zero-order valence-electron chi connectivity index (χ0n) is 16.9. The van der Waals surface area contributed by atoms with Gasteiger partial charge in [-0.1, -0.05) is 18.2 Å². The fourth-order valence-electron chi connectivity index (χ4n) is 3.89. The number of carbonyl (C=O) groups excluding carboxylic acids is 1. The predicted molar refractivity (Wildman–Crippen MR) is 118 cm³/mol. The van der Waals surface area contributed by atoms with Crippen LogP contribution < -0.4 is 16.0 Å². The molecule has 0 saturated carbocycles. The number of hydrogen-bond donors (Lipinski definition) is 4. The summed E-state index contributed by atoms with van der Waals surface area (Å²) in [6, 6.07) is 14.6. The van der Waals surface area contributed by atoms with Crippen LogP contribution in [0.25, 0.3) is 0 Å². The summed E-state index contributed by atoms with van der Waals surface area (Å²) in [4.78, 5) is 25.6. The molecule has 0 radical (unpaired) electrons. The van der Waals surface area contributed by atoms with E-state index in [0.717, 1.165) is 43.6 Å². The SMILES string of the molecule is N=C(N)c1ccc(NC(=O)CCC2CCN(c3ccccc3CC(=O)O)CC2)cc1. The number of nitrogens with one attached hydrogen (secondary N) is 2. The van der Waals surface area contributed by atoms with Gasteiger partial charge < -0.3 is 21.1 Å². The van der Waals surface area contributed by atoms with Gasteiger partial charge in [0.1, 0.15) is 5.84 Å². The van der Waals surface area contributed by atoms with Gasteiger partial charge in [0.05, 0.1) is 6.42 Å². The van der Waals surface area contributed by atoms with Gasteiger partial charge in [-0.2, -0.15) is 0 Å². The van der Waals surface area contributed by atoms with Crippen LogP contribution >= 0.6 is 0 Å². The van der Waals surface area contributed by atoms with Crippen LogP contribution in [0.3, 0.4) is 0 Å². The molecule has 0 bridgehead atoms. The highest BCUT2D eigenvalue weighted by Gasteiger charge is 2.22. The van der Waals surface area contributed by atoms with E-state index in [4.69, 9.17) is 16.2 Å². The Morgan fingerprint density at radius 1 is 1.10 bits per heavy atom. The van der Waals surface area contributed by atoms with Crippen molar-refractivity contribution >= 4 is 29.1 Å². The number of nitrogen functional groups attached to an aromatic ring is 1. The maximum Gasteiger partial charge on any atom is 0.307 e. The molecule has 3 rings (SSSR count). The van der Waals surface area contributed by atoms with E-state index in [1.807, 2.05) is 24.3 Å². The third-order valence-electron chi connectivity index (χ3n) is 5.55. The van der Waals surface area contributed by atoms with Crippen LogP contribution in [0.2, 0.25) is 0 Å². The Labute approximate surface area is 176 Å². The smallest absolute Gasteiger partial charge is 0.307 e. The number of carboxylic acid groups (broad SMARTS) is 1. The summed E-state index contributed by atoms with van der Waals surface area (Å²) in [5.74, 6) is -0.345. The Bertz CT molecular complexity index is 903. The number of amidine groups is 1. The molecule has 7 heteroatoms. The maximum absolute atomic E-state index is 12.3. The molecule has 30 heavy (non-hydrogen) atoms. The number of nitrogens with two attached hydrogens (primary N) is 1. The largest absolute Gasteiger partial charge is 0.481 e. The van der Waals surface area contributed by atoms with E-state index in [1.54, 1.807) is 24.3 Å². The topological polar surface area (TPSA) is 120 Å². The van der Waals surface area contributed by atoms with E-state index in [-0.39, 0.29) is 18.2 Å². The zero-order chi connectivity index (χ0) is 21.5. The van der Waals surface area contributed by atoms with Crippen molar-refractivity contribution in [3.63, 3.8) is 0 Å². The van der Waals surface area contributed by atoms with Crippen LogP contribution in [0.4, 0.5) is 11.4 Å². The lowest BCUT2D eigenvalue weighted by Crippen LogP contribution is -2.34. The first-order valence-corrected chi connectivity index (χ1v) is 10.2. The first-order chi connectivity index (χ1) is 14.4. The zero-order valence-corrected chi connectivity index (χ0v) is 16.9. The molecule has 1 aliphatic rings. The molecule has 1 aliphatic heterocycles. The monoisotopic (exact) mass is 408 g/mol. The minimum absolute atomic E-state index is 0.00445. The number of aliphatic carboxylic acids is 1. The molecule has 0 atom stereocenters. The van der Waals surface area contributed by atoms with Crippen molar-refractivity contribution < 1.29 is 14.7 Å². The lowest BCUT2D eigenvalue weighted by atomic mass is 9.91.